The molecule has 0 bridgehead atoms. The SMILES string of the molecule is Cc1cc(C2CCCN2C(=O)c2cccc(Br)c2Cl)on1. The number of rotatable bonds is 2. The van der Waals surface area contributed by atoms with Crippen LogP contribution in [0.2, 0.25) is 5.02 Å². The predicted octanol–water partition coefficient (Wildman–Crippen LogP) is 4.38. The lowest BCUT2D eigenvalue weighted by atomic mass is 10.1. The van der Waals surface area contributed by atoms with Gasteiger partial charge < -0.3 is 9.42 Å². The van der Waals surface area contributed by atoms with E-state index in [0.29, 0.717) is 17.1 Å². The summed E-state index contributed by atoms with van der Waals surface area (Å²) < 4.78 is 6.06. The maximum absolute atomic E-state index is 12.8. The molecule has 2 heterocycles. The topological polar surface area (TPSA) is 46.3 Å². The number of likely N-dealkylation sites (tertiary alicyclic amines) is 1. The molecular formula is C15H14BrClN2O2. The van der Waals surface area contributed by atoms with Crippen molar-refractivity contribution in [1.82, 2.24) is 10.1 Å². The van der Waals surface area contributed by atoms with Crippen molar-refractivity contribution in [3.05, 3.63) is 50.8 Å². The summed E-state index contributed by atoms with van der Waals surface area (Å²) in [7, 11) is 0. The molecule has 4 nitrogen and oxygen atoms in total. The monoisotopic (exact) mass is 368 g/mol. The van der Waals surface area contributed by atoms with Crippen LogP contribution in [0.3, 0.4) is 0 Å². The third kappa shape index (κ3) is 2.72. The molecule has 6 heteroatoms. The summed E-state index contributed by atoms with van der Waals surface area (Å²) in [4.78, 5) is 14.6. The molecule has 2 aromatic rings. The second-order valence-electron chi connectivity index (χ2n) is 5.13. The zero-order valence-electron chi connectivity index (χ0n) is 11.5. The maximum Gasteiger partial charge on any atom is 0.256 e. The van der Waals surface area contributed by atoms with E-state index >= 15 is 0 Å². The Balaban J connectivity index is 1.91. The van der Waals surface area contributed by atoms with Gasteiger partial charge in [0.25, 0.3) is 5.91 Å². The number of aromatic nitrogens is 1. The molecule has 21 heavy (non-hydrogen) atoms. The summed E-state index contributed by atoms with van der Waals surface area (Å²) in [5.41, 5.74) is 1.33. The van der Waals surface area contributed by atoms with Gasteiger partial charge in [-0.3, -0.25) is 4.79 Å². The first kappa shape index (κ1) is 14.6. The van der Waals surface area contributed by atoms with Crippen molar-refractivity contribution in [2.75, 3.05) is 6.54 Å². The number of hydrogen-bond donors (Lipinski definition) is 0. The third-order valence-corrected chi connectivity index (χ3v) is 4.97. The number of nitrogens with zero attached hydrogens (tertiary/aromatic N) is 2. The van der Waals surface area contributed by atoms with Gasteiger partial charge in [0.1, 0.15) is 0 Å². The minimum atomic E-state index is -0.0714. The molecule has 1 aliphatic heterocycles. The standard InChI is InChI=1S/C15H14BrClN2O2/c1-9-8-13(21-18-9)12-6-3-7-19(12)15(20)10-4-2-5-11(16)14(10)17/h2,4-5,8,12H,3,6-7H2,1H3. The first-order chi connectivity index (χ1) is 10.1. The molecule has 1 aromatic heterocycles. The summed E-state index contributed by atoms with van der Waals surface area (Å²) >= 11 is 9.59. The highest BCUT2D eigenvalue weighted by molar-refractivity contribution is 9.10. The normalized spacial score (nSPS) is 18.2. The summed E-state index contributed by atoms with van der Waals surface area (Å²) in [5, 5.41) is 4.36. The predicted molar refractivity (Wildman–Crippen MR) is 83.4 cm³/mol. The first-order valence-corrected chi connectivity index (χ1v) is 7.93. The molecule has 1 amide bonds. The van der Waals surface area contributed by atoms with E-state index in [0.717, 1.165) is 28.8 Å². The average molecular weight is 370 g/mol. The molecular weight excluding hydrogens is 356 g/mol. The van der Waals surface area contributed by atoms with Gasteiger partial charge in [0.05, 0.1) is 22.3 Å². The van der Waals surface area contributed by atoms with Crippen LogP contribution in [0.4, 0.5) is 0 Å². The van der Waals surface area contributed by atoms with Crippen molar-refractivity contribution < 1.29 is 9.32 Å². The number of hydrogen-bond acceptors (Lipinski definition) is 3. The van der Waals surface area contributed by atoms with Crippen LogP contribution in [0, 0.1) is 6.92 Å². The highest BCUT2D eigenvalue weighted by Crippen LogP contribution is 2.35. The zero-order chi connectivity index (χ0) is 15.0. The van der Waals surface area contributed by atoms with E-state index < -0.39 is 0 Å². The summed E-state index contributed by atoms with van der Waals surface area (Å²) in [6, 6.07) is 7.21. The first-order valence-electron chi connectivity index (χ1n) is 6.76. The Labute approximate surface area is 136 Å². The number of carbonyl (C=O) groups is 1. The lowest BCUT2D eigenvalue weighted by Crippen LogP contribution is -2.30. The Bertz CT molecular complexity index is 686. The second-order valence-corrected chi connectivity index (χ2v) is 6.36. The smallest absolute Gasteiger partial charge is 0.256 e. The second kappa shape index (κ2) is 5.81. The van der Waals surface area contributed by atoms with E-state index in [1.807, 2.05) is 30.0 Å². The molecule has 1 aliphatic rings. The third-order valence-electron chi connectivity index (χ3n) is 3.67. The number of carbonyl (C=O) groups excluding carboxylic acids is 1. The van der Waals surface area contributed by atoms with Crippen molar-refractivity contribution in [2.45, 2.75) is 25.8 Å². The molecule has 0 spiro atoms. The molecule has 1 unspecified atom stereocenters. The van der Waals surface area contributed by atoms with Crippen LogP contribution < -0.4 is 0 Å². The lowest BCUT2D eigenvalue weighted by Gasteiger charge is -2.23. The van der Waals surface area contributed by atoms with Gasteiger partial charge >= 0.3 is 0 Å². The number of benzene rings is 1. The maximum atomic E-state index is 12.8. The summed E-state index contributed by atoms with van der Waals surface area (Å²) in [5.74, 6) is 0.669. The van der Waals surface area contributed by atoms with Crippen LogP contribution in [0.15, 0.2) is 33.3 Å². The fourth-order valence-corrected chi connectivity index (χ4v) is 3.24. The Morgan fingerprint density at radius 3 is 3.05 bits per heavy atom. The van der Waals surface area contributed by atoms with Gasteiger partial charge in [-0.15, -0.1) is 0 Å². The molecule has 0 radical (unpaired) electrons. The molecule has 1 fully saturated rings. The molecule has 3 rings (SSSR count). The van der Waals surface area contributed by atoms with Crippen LogP contribution in [0.1, 0.15) is 40.7 Å². The summed E-state index contributed by atoms with van der Waals surface area (Å²) in [6.07, 6.45) is 1.83. The van der Waals surface area contributed by atoms with E-state index in [1.54, 1.807) is 6.07 Å². The molecule has 0 aliphatic carbocycles. The quantitative estimate of drug-likeness (QED) is 0.789. The van der Waals surface area contributed by atoms with Crippen molar-refractivity contribution in [3.8, 4) is 0 Å². The molecule has 1 aromatic carbocycles. The molecule has 0 N–H and O–H groups in total. The van der Waals surface area contributed by atoms with E-state index in [9.17, 15) is 4.79 Å². The van der Waals surface area contributed by atoms with E-state index in [4.69, 9.17) is 16.1 Å². The van der Waals surface area contributed by atoms with Crippen molar-refractivity contribution in [2.24, 2.45) is 0 Å². The van der Waals surface area contributed by atoms with Gasteiger partial charge in [-0.05, 0) is 47.8 Å². The van der Waals surface area contributed by atoms with Crippen molar-refractivity contribution in [3.63, 3.8) is 0 Å². The molecule has 1 saturated heterocycles. The number of halogens is 2. The van der Waals surface area contributed by atoms with Gasteiger partial charge in [0, 0.05) is 17.1 Å². The Hall–Kier alpha value is -1.33. The van der Waals surface area contributed by atoms with E-state index in [-0.39, 0.29) is 11.9 Å². The Morgan fingerprint density at radius 1 is 1.52 bits per heavy atom. The van der Waals surface area contributed by atoms with Crippen molar-refractivity contribution in [1.29, 1.82) is 0 Å². The zero-order valence-corrected chi connectivity index (χ0v) is 13.8. The van der Waals surface area contributed by atoms with Crippen LogP contribution in [-0.4, -0.2) is 22.5 Å². The van der Waals surface area contributed by atoms with Crippen LogP contribution in [-0.2, 0) is 0 Å². The van der Waals surface area contributed by atoms with Gasteiger partial charge in [0.15, 0.2) is 5.76 Å². The number of aryl methyl sites for hydroxylation is 1. The summed E-state index contributed by atoms with van der Waals surface area (Å²) in [6.45, 7) is 2.57. The highest BCUT2D eigenvalue weighted by atomic mass is 79.9. The fraction of sp³-hybridized carbons (Fsp3) is 0.333. The number of amides is 1. The average Bonchev–Trinajstić information content (AvgIpc) is 3.09. The van der Waals surface area contributed by atoms with Gasteiger partial charge in [0.2, 0.25) is 0 Å². The van der Waals surface area contributed by atoms with Gasteiger partial charge in [-0.1, -0.05) is 22.8 Å². The van der Waals surface area contributed by atoms with E-state index in [2.05, 4.69) is 21.1 Å². The minimum Gasteiger partial charge on any atom is -0.359 e. The fourth-order valence-electron chi connectivity index (χ4n) is 2.67. The van der Waals surface area contributed by atoms with Crippen molar-refractivity contribution >= 4 is 33.4 Å². The Morgan fingerprint density at radius 2 is 2.33 bits per heavy atom. The highest BCUT2D eigenvalue weighted by Gasteiger charge is 2.34. The van der Waals surface area contributed by atoms with Gasteiger partial charge in [-0.2, -0.15) is 0 Å². The van der Waals surface area contributed by atoms with Crippen LogP contribution in [0.5, 0.6) is 0 Å². The molecule has 110 valence electrons. The largest absolute Gasteiger partial charge is 0.359 e. The van der Waals surface area contributed by atoms with Crippen LogP contribution in [0.25, 0.3) is 0 Å². The van der Waals surface area contributed by atoms with E-state index in [1.165, 1.54) is 0 Å². The molecule has 0 saturated carbocycles. The Kier molecular flexibility index (Phi) is 4.04. The molecule has 1 atom stereocenters. The van der Waals surface area contributed by atoms with Crippen LogP contribution >= 0.6 is 27.5 Å². The van der Waals surface area contributed by atoms with Gasteiger partial charge in [-0.25, -0.2) is 0 Å². The minimum absolute atomic E-state index is 0.0613. The lowest BCUT2D eigenvalue weighted by molar-refractivity contribution is 0.0714.